The molecule has 17 aromatic carbocycles. The predicted molar refractivity (Wildman–Crippen MR) is 504 cm³/mol. The molecular formula is C106H78BBr2N7O2. The lowest BCUT2D eigenvalue weighted by atomic mass is 9.80. The van der Waals surface area contributed by atoms with Gasteiger partial charge in [0.05, 0.1) is 44.1 Å². The largest absolute Gasteiger partial charge is 0.488 e. The molecule has 0 bridgehead atoms. The van der Waals surface area contributed by atoms with E-state index in [1.807, 2.05) is 72.8 Å². The Morgan fingerprint density at radius 3 is 0.636 bits per heavy atom. The van der Waals surface area contributed by atoms with Crippen molar-refractivity contribution in [3.8, 4) is 45.0 Å². The molecule has 12 heteroatoms. The highest BCUT2D eigenvalue weighted by Crippen LogP contribution is 2.47. The second kappa shape index (κ2) is 32.9. The van der Waals surface area contributed by atoms with Gasteiger partial charge in [-0.15, -0.1) is 0 Å². The standard InChI is InChI=1S/C62H44N4.C26H16Br2N2.C18H16BNO2.H2/c1-7-19-49(20-8-1)63(50-21-9-2-10-22-50)55-37-31-45(32-38-55)47-35-41-57-59(43-47)65(53-27-15-5-16-28-53)62-58-42-36-48(44-60(58)66(61(57)62)54-29-17-6-18-30-54)46-33-39-56(40-34-46)64(51-23-11-3-12-24-51)52-25-13-4-14-26-52;27-17-11-13-21-23(15-17)29(19-7-3-1-4-8-19)25-22-14-12-18(28)16-24(22)30(26(21)25)20-9-5-2-6-10-20;21-19(22)15-11-13-18(14-12-15)20(16-7-3-1-4-8-16)17-9-5-2-6-10-17;/h1-44H;1-16H;1-14,21-22H;1H. The van der Waals surface area contributed by atoms with Gasteiger partial charge in [-0.25, -0.2) is 0 Å². The molecule has 0 saturated carbocycles. The smallest absolute Gasteiger partial charge is 0.423 e. The van der Waals surface area contributed by atoms with Gasteiger partial charge < -0.3 is 43.0 Å². The Hall–Kier alpha value is -14.2. The average molecular weight is 1650 g/mol. The maximum absolute atomic E-state index is 9.23. The van der Waals surface area contributed by atoms with Gasteiger partial charge >= 0.3 is 7.12 Å². The Labute approximate surface area is 703 Å². The lowest BCUT2D eigenvalue weighted by Gasteiger charge is -2.25. The summed E-state index contributed by atoms with van der Waals surface area (Å²) in [4.78, 5) is 6.73. The zero-order chi connectivity index (χ0) is 79.4. The topological polar surface area (TPSA) is 69.9 Å². The molecule has 0 atom stereocenters. The maximum Gasteiger partial charge on any atom is 0.488 e. The molecule has 0 aliphatic carbocycles. The minimum atomic E-state index is -1.45. The monoisotopic (exact) mass is 1650 g/mol. The fraction of sp³-hybridized carbons (Fsp3) is 0. The van der Waals surface area contributed by atoms with Crippen LogP contribution >= 0.6 is 31.9 Å². The lowest BCUT2D eigenvalue weighted by molar-refractivity contribution is 0.426. The number of hydrogen-bond donors (Lipinski definition) is 2. The average Bonchev–Trinajstić information content (AvgIpc) is 1.54. The van der Waals surface area contributed by atoms with E-state index in [9.17, 15) is 10.0 Å². The molecule has 0 amide bonds. The number of halogens is 2. The molecule has 566 valence electrons. The third-order valence-electron chi connectivity index (χ3n) is 21.8. The van der Waals surface area contributed by atoms with Gasteiger partial charge in [-0.05, 0) is 234 Å². The van der Waals surface area contributed by atoms with Crippen LogP contribution in [0.25, 0.3) is 111 Å². The van der Waals surface area contributed by atoms with Crippen molar-refractivity contribution in [2.24, 2.45) is 0 Å². The summed E-state index contributed by atoms with van der Waals surface area (Å²) in [5.41, 5.74) is 29.0. The molecule has 9 nitrogen and oxygen atoms in total. The van der Waals surface area contributed by atoms with Crippen molar-refractivity contribution in [1.82, 2.24) is 18.3 Å². The Balaban J connectivity index is 0.000000150. The van der Waals surface area contributed by atoms with E-state index >= 15 is 0 Å². The van der Waals surface area contributed by atoms with Crippen LogP contribution in [0.2, 0.25) is 0 Å². The van der Waals surface area contributed by atoms with Crippen molar-refractivity contribution in [2.45, 2.75) is 0 Å². The number of rotatable bonds is 16. The van der Waals surface area contributed by atoms with Gasteiger partial charge in [0.2, 0.25) is 0 Å². The van der Waals surface area contributed by atoms with Crippen molar-refractivity contribution < 1.29 is 11.5 Å². The third kappa shape index (κ3) is 14.4. The minimum absolute atomic E-state index is 0. The fourth-order valence-electron chi connectivity index (χ4n) is 16.5. The second-order valence-corrected chi connectivity index (χ2v) is 30.8. The molecule has 21 aromatic rings. The van der Waals surface area contributed by atoms with Gasteiger partial charge in [-0.3, -0.25) is 0 Å². The van der Waals surface area contributed by atoms with Crippen molar-refractivity contribution in [3.05, 3.63) is 458 Å². The number of fused-ring (bicyclic) bond motifs is 10. The summed E-state index contributed by atoms with van der Waals surface area (Å²) >= 11 is 7.36. The predicted octanol–water partition coefficient (Wildman–Crippen LogP) is 28.3. The minimum Gasteiger partial charge on any atom is -0.423 e. The molecule has 0 radical (unpaired) electrons. The van der Waals surface area contributed by atoms with Gasteiger partial charge in [0.1, 0.15) is 0 Å². The fourth-order valence-corrected chi connectivity index (χ4v) is 17.2. The van der Waals surface area contributed by atoms with Crippen LogP contribution in [0.3, 0.4) is 0 Å². The number of benzene rings is 17. The van der Waals surface area contributed by atoms with E-state index in [2.05, 4.69) is 429 Å². The molecule has 2 N–H and O–H groups in total. The SMILES string of the molecule is Brc1ccc2c(c1)n(-c1ccccc1)c1c3ccc(Br)cc3n(-c3ccccc3)c21.OB(O)c1ccc(N(c2ccccc2)c2ccccc2)cc1.[HH].c1ccc(N(c2ccccc2)c2ccc(-c3ccc4c(c3)n(-c3ccccc3)c3c5ccc(-c6ccc(N(c7ccccc7)c7ccccc7)cc6)cc5n(-c5ccccc5)c43)cc2)cc1. The summed E-state index contributed by atoms with van der Waals surface area (Å²) < 4.78 is 11.8. The quantitative estimate of drug-likeness (QED) is 0.0944. The van der Waals surface area contributed by atoms with Crippen LogP contribution in [0.4, 0.5) is 51.2 Å². The summed E-state index contributed by atoms with van der Waals surface area (Å²) in [5.74, 6) is 0. The third-order valence-corrected chi connectivity index (χ3v) is 22.7. The van der Waals surface area contributed by atoms with Gasteiger partial charge in [-0.2, -0.15) is 0 Å². The molecule has 4 heterocycles. The Morgan fingerprint density at radius 2 is 0.398 bits per heavy atom. The first kappa shape index (κ1) is 73.9. The summed E-state index contributed by atoms with van der Waals surface area (Å²) in [6.45, 7) is 0. The highest BCUT2D eigenvalue weighted by Gasteiger charge is 2.26. The summed E-state index contributed by atoms with van der Waals surface area (Å²) in [6.07, 6.45) is 0. The van der Waals surface area contributed by atoms with Crippen LogP contribution in [0, 0.1) is 0 Å². The number of hydrogen-bond acceptors (Lipinski definition) is 5. The van der Waals surface area contributed by atoms with Gasteiger partial charge in [-0.1, -0.05) is 275 Å². The van der Waals surface area contributed by atoms with Gasteiger partial charge in [0.15, 0.2) is 0 Å². The van der Waals surface area contributed by atoms with Crippen LogP contribution in [0.1, 0.15) is 1.43 Å². The van der Waals surface area contributed by atoms with Crippen LogP contribution in [0.15, 0.2) is 458 Å². The molecular weight excluding hydrogens is 1570 g/mol. The Bertz CT molecular complexity index is 6580. The first-order valence-electron chi connectivity index (χ1n) is 39.4. The Morgan fingerprint density at radius 1 is 0.203 bits per heavy atom. The van der Waals surface area contributed by atoms with Gasteiger partial charge in [0, 0.05) is 106 Å². The number of anilines is 9. The van der Waals surface area contributed by atoms with Crippen LogP contribution < -0.4 is 20.2 Å². The van der Waals surface area contributed by atoms with E-state index in [1.54, 1.807) is 12.1 Å². The summed E-state index contributed by atoms with van der Waals surface area (Å²) in [5, 5.41) is 23.3. The first-order chi connectivity index (χ1) is 58.2. The first-order valence-corrected chi connectivity index (χ1v) is 41.0. The number of aromatic nitrogens is 4. The molecule has 0 fully saturated rings. The number of para-hydroxylation sites is 10. The highest BCUT2D eigenvalue weighted by atomic mass is 79.9. The van der Waals surface area contributed by atoms with E-state index < -0.39 is 7.12 Å². The van der Waals surface area contributed by atoms with E-state index in [4.69, 9.17) is 0 Å². The maximum atomic E-state index is 9.23. The Kier molecular flexibility index (Phi) is 20.6. The molecule has 0 aliphatic heterocycles. The van der Waals surface area contributed by atoms with Crippen molar-refractivity contribution >= 4 is 161 Å². The molecule has 0 spiro atoms. The van der Waals surface area contributed by atoms with Crippen molar-refractivity contribution in [3.63, 3.8) is 0 Å². The van der Waals surface area contributed by atoms with Crippen LogP contribution in [-0.4, -0.2) is 35.4 Å². The van der Waals surface area contributed by atoms with Crippen LogP contribution in [0.5, 0.6) is 0 Å². The van der Waals surface area contributed by atoms with Gasteiger partial charge in [0.25, 0.3) is 0 Å². The highest BCUT2D eigenvalue weighted by molar-refractivity contribution is 9.10. The van der Waals surface area contributed by atoms with Crippen molar-refractivity contribution in [2.75, 3.05) is 14.7 Å². The van der Waals surface area contributed by atoms with Crippen LogP contribution in [-0.2, 0) is 0 Å². The second-order valence-electron chi connectivity index (χ2n) is 28.9. The van der Waals surface area contributed by atoms with E-state index in [0.717, 1.165) is 116 Å². The van der Waals surface area contributed by atoms with Crippen molar-refractivity contribution in [1.29, 1.82) is 0 Å². The molecule has 118 heavy (non-hydrogen) atoms. The summed E-state index contributed by atoms with van der Waals surface area (Å²) in [7, 11) is -1.45. The molecule has 0 saturated heterocycles. The van der Waals surface area contributed by atoms with E-state index in [-0.39, 0.29) is 1.43 Å². The molecule has 21 rings (SSSR count). The molecule has 0 unspecified atom stereocenters. The lowest BCUT2D eigenvalue weighted by Crippen LogP contribution is -2.29. The zero-order valence-electron chi connectivity index (χ0n) is 64.1. The zero-order valence-corrected chi connectivity index (χ0v) is 67.3. The normalized spacial score (nSPS) is 11.2. The molecule has 4 aromatic heterocycles. The molecule has 0 aliphatic rings. The number of nitrogens with zero attached hydrogens (tertiary/aromatic N) is 7. The van der Waals surface area contributed by atoms with E-state index in [0.29, 0.717) is 5.46 Å². The van der Waals surface area contributed by atoms with E-state index in [1.165, 1.54) is 54.6 Å². The summed E-state index contributed by atoms with van der Waals surface area (Å²) in [6, 6.07) is 157.